The van der Waals surface area contributed by atoms with Crippen LogP contribution < -0.4 is 5.32 Å². The SMILES string of the molecule is CC(C)(C)C1=CCN(S(=O)(=O)CCNC2CC2)CC1. The van der Waals surface area contributed by atoms with Crippen molar-refractivity contribution in [1.82, 2.24) is 9.62 Å². The van der Waals surface area contributed by atoms with Gasteiger partial charge in [0.15, 0.2) is 0 Å². The maximum Gasteiger partial charge on any atom is 0.215 e. The Labute approximate surface area is 117 Å². The number of hydrogen-bond acceptors (Lipinski definition) is 3. The van der Waals surface area contributed by atoms with Crippen LogP contribution in [0.25, 0.3) is 0 Å². The van der Waals surface area contributed by atoms with E-state index in [1.54, 1.807) is 4.31 Å². The van der Waals surface area contributed by atoms with Crippen LogP contribution in [0.4, 0.5) is 0 Å². The number of nitrogens with one attached hydrogen (secondary N) is 1. The highest BCUT2D eigenvalue weighted by atomic mass is 32.2. The quantitative estimate of drug-likeness (QED) is 0.783. The molecule has 2 aliphatic rings. The standard InChI is InChI=1S/C14H26N2O2S/c1-14(2,3)12-6-9-16(10-7-12)19(17,18)11-8-15-13-4-5-13/h6,13,15H,4-5,7-11H2,1-3H3. The van der Waals surface area contributed by atoms with Crippen molar-refractivity contribution < 1.29 is 8.42 Å². The Morgan fingerprint density at radius 2 is 2.05 bits per heavy atom. The normalized spacial score (nSPS) is 22.4. The molecule has 0 amide bonds. The summed E-state index contributed by atoms with van der Waals surface area (Å²) in [5.41, 5.74) is 1.53. The van der Waals surface area contributed by atoms with E-state index in [0.717, 1.165) is 6.42 Å². The molecule has 0 spiro atoms. The van der Waals surface area contributed by atoms with Gasteiger partial charge < -0.3 is 5.32 Å². The van der Waals surface area contributed by atoms with Crippen LogP contribution in [0.1, 0.15) is 40.0 Å². The van der Waals surface area contributed by atoms with Gasteiger partial charge in [-0.1, -0.05) is 32.4 Å². The molecule has 0 aromatic carbocycles. The third-order valence-electron chi connectivity index (χ3n) is 3.90. The minimum absolute atomic E-state index is 0.156. The Bertz CT molecular complexity index is 445. The molecule has 1 saturated carbocycles. The summed E-state index contributed by atoms with van der Waals surface area (Å²) in [5.74, 6) is 0.224. The van der Waals surface area contributed by atoms with E-state index in [9.17, 15) is 8.42 Å². The van der Waals surface area contributed by atoms with Crippen LogP contribution in [0.3, 0.4) is 0 Å². The zero-order chi connectivity index (χ0) is 14.1. The lowest BCUT2D eigenvalue weighted by atomic mass is 9.83. The van der Waals surface area contributed by atoms with Crippen molar-refractivity contribution in [2.24, 2.45) is 5.41 Å². The van der Waals surface area contributed by atoms with Gasteiger partial charge in [0.2, 0.25) is 10.0 Å². The van der Waals surface area contributed by atoms with Crippen LogP contribution in [-0.2, 0) is 10.0 Å². The van der Waals surface area contributed by atoms with Crippen LogP contribution in [0, 0.1) is 5.41 Å². The lowest BCUT2D eigenvalue weighted by Gasteiger charge is -2.31. The molecule has 4 nitrogen and oxygen atoms in total. The lowest BCUT2D eigenvalue weighted by Crippen LogP contribution is -2.40. The largest absolute Gasteiger partial charge is 0.313 e. The fourth-order valence-corrected chi connectivity index (χ4v) is 3.70. The van der Waals surface area contributed by atoms with Gasteiger partial charge in [0.1, 0.15) is 0 Å². The van der Waals surface area contributed by atoms with Crippen molar-refractivity contribution in [3.8, 4) is 0 Å². The average Bonchev–Trinajstić information content (AvgIpc) is 3.12. The predicted octanol–water partition coefficient (Wildman–Crippen LogP) is 1.75. The number of hydrogen-bond donors (Lipinski definition) is 1. The Balaban J connectivity index is 1.86. The number of rotatable bonds is 5. The van der Waals surface area contributed by atoms with E-state index in [4.69, 9.17) is 0 Å². The average molecular weight is 286 g/mol. The highest BCUT2D eigenvalue weighted by molar-refractivity contribution is 7.89. The fourth-order valence-electron chi connectivity index (χ4n) is 2.39. The van der Waals surface area contributed by atoms with Gasteiger partial charge in [-0.15, -0.1) is 0 Å². The first-order valence-corrected chi connectivity index (χ1v) is 8.81. The predicted molar refractivity (Wildman–Crippen MR) is 78.5 cm³/mol. The summed E-state index contributed by atoms with van der Waals surface area (Å²) < 4.78 is 26.0. The van der Waals surface area contributed by atoms with Gasteiger partial charge in [-0.25, -0.2) is 8.42 Å². The Morgan fingerprint density at radius 1 is 1.37 bits per heavy atom. The van der Waals surface area contributed by atoms with Crippen molar-refractivity contribution in [3.63, 3.8) is 0 Å². The first-order chi connectivity index (χ1) is 8.79. The maximum atomic E-state index is 12.2. The topological polar surface area (TPSA) is 49.4 Å². The van der Waals surface area contributed by atoms with E-state index in [1.165, 1.54) is 18.4 Å². The third kappa shape index (κ3) is 4.29. The van der Waals surface area contributed by atoms with Crippen molar-refractivity contribution in [1.29, 1.82) is 0 Å². The number of nitrogens with zero attached hydrogens (tertiary/aromatic N) is 1. The highest BCUT2D eigenvalue weighted by Gasteiger charge is 2.28. The molecule has 0 bridgehead atoms. The van der Waals surface area contributed by atoms with E-state index in [-0.39, 0.29) is 11.2 Å². The number of sulfonamides is 1. The van der Waals surface area contributed by atoms with Gasteiger partial charge in [0, 0.05) is 25.7 Å². The fraction of sp³-hybridized carbons (Fsp3) is 0.857. The Hall–Kier alpha value is -0.390. The molecule has 1 fully saturated rings. The smallest absolute Gasteiger partial charge is 0.215 e. The minimum atomic E-state index is -3.09. The molecule has 1 aliphatic carbocycles. The summed E-state index contributed by atoms with van der Waals surface area (Å²) >= 11 is 0. The summed E-state index contributed by atoms with van der Waals surface area (Å²) in [4.78, 5) is 0. The second-order valence-corrected chi connectivity index (χ2v) is 8.72. The van der Waals surface area contributed by atoms with Gasteiger partial charge in [0.05, 0.1) is 5.75 Å². The second-order valence-electron chi connectivity index (χ2n) is 6.63. The zero-order valence-corrected chi connectivity index (χ0v) is 13.1. The minimum Gasteiger partial charge on any atom is -0.313 e. The van der Waals surface area contributed by atoms with E-state index < -0.39 is 10.0 Å². The molecular weight excluding hydrogens is 260 g/mol. The molecule has 19 heavy (non-hydrogen) atoms. The molecule has 1 aliphatic heterocycles. The van der Waals surface area contributed by atoms with E-state index >= 15 is 0 Å². The van der Waals surface area contributed by atoms with Crippen LogP contribution in [-0.4, -0.2) is 44.2 Å². The summed E-state index contributed by atoms with van der Waals surface area (Å²) in [6.45, 7) is 8.31. The maximum absolute atomic E-state index is 12.2. The molecule has 2 rings (SSSR count). The Kier molecular flexibility index (Phi) is 4.38. The molecule has 0 unspecified atom stereocenters. The molecule has 1 heterocycles. The van der Waals surface area contributed by atoms with Crippen molar-refractivity contribution in [2.45, 2.75) is 46.1 Å². The zero-order valence-electron chi connectivity index (χ0n) is 12.3. The summed E-state index contributed by atoms with van der Waals surface area (Å²) in [7, 11) is -3.09. The van der Waals surface area contributed by atoms with E-state index in [2.05, 4.69) is 32.2 Å². The van der Waals surface area contributed by atoms with Gasteiger partial charge in [-0.2, -0.15) is 4.31 Å². The molecule has 110 valence electrons. The van der Waals surface area contributed by atoms with Gasteiger partial charge in [-0.3, -0.25) is 0 Å². The third-order valence-corrected chi connectivity index (χ3v) is 5.74. The summed E-state index contributed by atoms with van der Waals surface area (Å²) in [5, 5.41) is 3.26. The monoisotopic (exact) mass is 286 g/mol. The molecule has 0 saturated heterocycles. The first-order valence-electron chi connectivity index (χ1n) is 7.20. The van der Waals surface area contributed by atoms with Crippen LogP contribution in [0.2, 0.25) is 0 Å². The van der Waals surface area contributed by atoms with Crippen molar-refractivity contribution in [3.05, 3.63) is 11.6 Å². The molecule has 0 radical (unpaired) electrons. The first kappa shape index (κ1) is 15.0. The van der Waals surface area contributed by atoms with Crippen LogP contribution in [0.15, 0.2) is 11.6 Å². The molecule has 0 aromatic heterocycles. The van der Waals surface area contributed by atoms with Gasteiger partial charge in [0.25, 0.3) is 0 Å². The summed E-state index contributed by atoms with van der Waals surface area (Å²) in [6, 6.07) is 0.573. The molecule has 1 N–H and O–H groups in total. The van der Waals surface area contributed by atoms with Gasteiger partial charge in [-0.05, 0) is 24.7 Å². The van der Waals surface area contributed by atoms with Crippen LogP contribution in [0.5, 0.6) is 0 Å². The highest BCUT2D eigenvalue weighted by Crippen LogP contribution is 2.30. The van der Waals surface area contributed by atoms with Crippen molar-refractivity contribution in [2.75, 3.05) is 25.4 Å². The van der Waals surface area contributed by atoms with Crippen LogP contribution >= 0.6 is 0 Å². The molecule has 0 aromatic rings. The Morgan fingerprint density at radius 3 is 2.53 bits per heavy atom. The molecule has 0 atom stereocenters. The second kappa shape index (κ2) is 5.54. The van der Waals surface area contributed by atoms with E-state index in [0.29, 0.717) is 25.7 Å². The van der Waals surface area contributed by atoms with Gasteiger partial charge >= 0.3 is 0 Å². The summed E-state index contributed by atoms with van der Waals surface area (Å²) in [6.07, 6.45) is 5.34. The molecular formula is C14H26N2O2S. The van der Waals surface area contributed by atoms with E-state index in [1.807, 2.05) is 0 Å². The van der Waals surface area contributed by atoms with Crippen molar-refractivity contribution >= 4 is 10.0 Å². The lowest BCUT2D eigenvalue weighted by molar-refractivity contribution is 0.389. The molecule has 5 heteroatoms.